The molecule has 0 saturated heterocycles. The third-order valence-electron chi connectivity index (χ3n) is 2.03. The van der Waals surface area contributed by atoms with Crippen molar-refractivity contribution in [1.29, 1.82) is 0 Å². The van der Waals surface area contributed by atoms with Crippen LogP contribution in [0.3, 0.4) is 0 Å². The molecule has 0 saturated carbocycles. The molecule has 1 rings (SSSR count). The standard InChI is InChI=1S/C11H17NOS/c1-9-5-3-6-10(11(9)12)13-7-4-8-14-2/h3,5-6H,4,7-8,12H2,1-2H3. The molecule has 0 aromatic heterocycles. The second kappa shape index (κ2) is 5.81. The van der Waals surface area contributed by atoms with Gasteiger partial charge in [0.25, 0.3) is 0 Å². The van der Waals surface area contributed by atoms with Crippen LogP contribution in [-0.2, 0) is 0 Å². The third-order valence-corrected chi connectivity index (χ3v) is 2.73. The maximum Gasteiger partial charge on any atom is 0.142 e. The van der Waals surface area contributed by atoms with Crippen molar-refractivity contribution in [3.8, 4) is 5.75 Å². The monoisotopic (exact) mass is 211 g/mol. The summed E-state index contributed by atoms with van der Waals surface area (Å²) < 4.78 is 5.58. The molecule has 2 N–H and O–H groups in total. The van der Waals surface area contributed by atoms with E-state index in [1.807, 2.05) is 36.9 Å². The van der Waals surface area contributed by atoms with Gasteiger partial charge in [0.2, 0.25) is 0 Å². The van der Waals surface area contributed by atoms with Gasteiger partial charge >= 0.3 is 0 Å². The SMILES string of the molecule is CSCCCOc1cccc(C)c1N. The van der Waals surface area contributed by atoms with Crippen LogP contribution in [0.4, 0.5) is 5.69 Å². The molecular weight excluding hydrogens is 194 g/mol. The van der Waals surface area contributed by atoms with Gasteiger partial charge in [0, 0.05) is 0 Å². The normalized spacial score (nSPS) is 10.1. The van der Waals surface area contributed by atoms with Gasteiger partial charge in [-0.15, -0.1) is 0 Å². The van der Waals surface area contributed by atoms with E-state index in [0.717, 1.165) is 35.8 Å². The number of rotatable bonds is 5. The summed E-state index contributed by atoms with van der Waals surface area (Å²) in [7, 11) is 0. The van der Waals surface area contributed by atoms with Crippen LogP contribution < -0.4 is 10.5 Å². The fraction of sp³-hybridized carbons (Fsp3) is 0.455. The number of thioether (sulfide) groups is 1. The first-order chi connectivity index (χ1) is 6.75. The molecule has 0 radical (unpaired) electrons. The molecule has 2 nitrogen and oxygen atoms in total. The van der Waals surface area contributed by atoms with Crippen LogP contribution in [-0.4, -0.2) is 18.6 Å². The quantitative estimate of drug-likeness (QED) is 0.601. The lowest BCUT2D eigenvalue weighted by Gasteiger charge is -2.09. The largest absolute Gasteiger partial charge is 0.491 e. The van der Waals surface area contributed by atoms with Crippen molar-refractivity contribution < 1.29 is 4.74 Å². The van der Waals surface area contributed by atoms with E-state index < -0.39 is 0 Å². The van der Waals surface area contributed by atoms with E-state index in [1.165, 1.54) is 0 Å². The van der Waals surface area contributed by atoms with Crippen molar-refractivity contribution in [3.63, 3.8) is 0 Å². The summed E-state index contributed by atoms with van der Waals surface area (Å²) in [6.07, 6.45) is 3.16. The summed E-state index contributed by atoms with van der Waals surface area (Å²) in [6.45, 7) is 2.73. The van der Waals surface area contributed by atoms with Crippen LogP contribution in [0.25, 0.3) is 0 Å². The van der Waals surface area contributed by atoms with Gasteiger partial charge in [-0.05, 0) is 37.0 Å². The number of benzene rings is 1. The first-order valence-electron chi connectivity index (χ1n) is 4.72. The van der Waals surface area contributed by atoms with E-state index in [2.05, 4.69) is 6.26 Å². The highest BCUT2D eigenvalue weighted by Gasteiger charge is 2.01. The average molecular weight is 211 g/mol. The maximum atomic E-state index is 5.87. The Hall–Kier alpha value is -0.830. The lowest BCUT2D eigenvalue weighted by Crippen LogP contribution is -2.02. The van der Waals surface area contributed by atoms with Crippen LogP contribution in [0, 0.1) is 6.92 Å². The molecule has 0 aliphatic heterocycles. The Bertz CT molecular complexity index is 289. The van der Waals surface area contributed by atoms with Crippen molar-refractivity contribution >= 4 is 17.4 Å². The molecule has 78 valence electrons. The Labute approximate surface area is 89.8 Å². The predicted molar refractivity (Wildman–Crippen MR) is 64.1 cm³/mol. The molecule has 0 bridgehead atoms. The number of ether oxygens (including phenoxy) is 1. The van der Waals surface area contributed by atoms with Gasteiger partial charge in [0.15, 0.2) is 0 Å². The molecule has 3 heteroatoms. The van der Waals surface area contributed by atoms with Crippen molar-refractivity contribution in [2.75, 3.05) is 24.3 Å². The Morgan fingerprint density at radius 3 is 2.93 bits per heavy atom. The van der Waals surface area contributed by atoms with Gasteiger partial charge in [-0.3, -0.25) is 0 Å². The van der Waals surface area contributed by atoms with Gasteiger partial charge in [0.05, 0.1) is 12.3 Å². The molecule has 1 aromatic carbocycles. The molecule has 0 amide bonds. The van der Waals surface area contributed by atoms with Crippen LogP contribution in [0.5, 0.6) is 5.75 Å². The van der Waals surface area contributed by atoms with Crippen molar-refractivity contribution in [2.45, 2.75) is 13.3 Å². The summed E-state index contributed by atoms with van der Waals surface area (Å²) in [5.74, 6) is 1.94. The molecule has 1 aromatic rings. The Kier molecular flexibility index (Phi) is 4.66. The Morgan fingerprint density at radius 1 is 1.43 bits per heavy atom. The lowest BCUT2D eigenvalue weighted by atomic mass is 10.2. The van der Waals surface area contributed by atoms with Crippen molar-refractivity contribution in [3.05, 3.63) is 23.8 Å². The van der Waals surface area contributed by atoms with Crippen LogP contribution in [0.2, 0.25) is 0 Å². The van der Waals surface area contributed by atoms with Gasteiger partial charge in [-0.25, -0.2) is 0 Å². The van der Waals surface area contributed by atoms with Crippen LogP contribution in [0.1, 0.15) is 12.0 Å². The first kappa shape index (κ1) is 11.2. The minimum atomic E-state index is 0.745. The smallest absolute Gasteiger partial charge is 0.142 e. The molecule has 14 heavy (non-hydrogen) atoms. The maximum absolute atomic E-state index is 5.87. The topological polar surface area (TPSA) is 35.2 Å². The summed E-state index contributed by atoms with van der Waals surface area (Å²) >= 11 is 1.83. The second-order valence-corrected chi connectivity index (χ2v) is 4.17. The molecule has 0 fully saturated rings. The zero-order valence-corrected chi connectivity index (χ0v) is 9.56. The van der Waals surface area contributed by atoms with Gasteiger partial charge in [0.1, 0.15) is 5.75 Å². The summed E-state index contributed by atoms with van der Waals surface area (Å²) in [5, 5.41) is 0. The Morgan fingerprint density at radius 2 is 2.21 bits per heavy atom. The van der Waals surface area contributed by atoms with Gasteiger partial charge in [-0.2, -0.15) is 11.8 Å². The molecule has 0 unspecified atom stereocenters. The average Bonchev–Trinajstić information content (AvgIpc) is 2.19. The molecule has 0 aliphatic carbocycles. The number of hydrogen-bond donors (Lipinski definition) is 1. The van der Waals surface area contributed by atoms with Gasteiger partial charge in [-0.1, -0.05) is 12.1 Å². The summed E-state index contributed by atoms with van der Waals surface area (Å²) in [5.41, 5.74) is 7.70. The van der Waals surface area contributed by atoms with Crippen LogP contribution >= 0.6 is 11.8 Å². The summed E-state index contributed by atoms with van der Waals surface area (Å²) in [4.78, 5) is 0. The highest BCUT2D eigenvalue weighted by molar-refractivity contribution is 7.98. The fourth-order valence-electron chi connectivity index (χ4n) is 1.16. The fourth-order valence-corrected chi connectivity index (χ4v) is 1.57. The number of para-hydroxylation sites is 1. The van der Waals surface area contributed by atoms with Crippen molar-refractivity contribution in [2.24, 2.45) is 0 Å². The van der Waals surface area contributed by atoms with E-state index >= 15 is 0 Å². The predicted octanol–water partition coefficient (Wildman–Crippen LogP) is 2.71. The molecular formula is C11H17NOS. The van der Waals surface area contributed by atoms with E-state index in [-0.39, 0.29) is 0 Å². The van der Waals surface area contributed by atoms with E-state index in [0.29, 0.717) is 0 Å². The minimum Gasteiger partial charge on any atom is -0.491 e. The van der Waals surface area contributed by atoms with E-state index in [1.54, 1.807) is 0 Å². The third kappa shape index (κ3) is 3.14. The minimum absolute atomic E-state index is 0.745. The van der Waals surface area contributed by atoms with Crippen LogP contribution in [0.15, 0.2) is 18.2 Å². The number of nitrogen functional groups attached to an aromatic ring is 1. The molecule has 0 aliphatic rings. The lowest BCUT2D eigenvalue weighted by molar-refractivity contribution is 0.320. The van der Waals surface area contributed by atoms with Crippen molar-refractivity contribution in [1.82, 2.24) is 0 Å². The van der Waals surface area contributed by atoms with Gasteiger partial charge < -0.3 is 10.5 Å². The highest BCUT2D eigenvalue weighted by atomic mass is 32.2. The number of aryl methyl sites for hydroxylation is 1. The second-order valence-electron chi connectivity index (χ2n) is 3.18. The highest BCUT2D eigenvalue weighted by Crippen LogP contribution is 2.24. The van der Waals surface area contributed by atoms with E-state index in [9.17, 15) is 0 Å². The number of anilines is 1. The number of nitrogens with two attached hydrogens (primary N) is 1. The summed E-state index contributed by atoms with van der Waals surface area (Å²) in [6, 6.07) is 5.88. The zero-order chi connectivity index (χ0) is 10.4. The number of hydrogen-bond acceptors (Lipinski definition) is 3. The first-order valence-corrected chi connectivity index (χ1v) is 6.12. The molecule has 0 atom stereocenters. The Balaban J connectivity index is 2.46. The van der Waals surface area contributed by atoms with E-state index in [4.69, 9.17) is 10.5 Å². The zero-order valence-electron chi connectivity index (χ0n) is 8.75. The molecule has 0 spiro atoms. The molecule has 0 heterocycles.